The first kappa shape index (κ1) is 76.3. The van der Waals surface area contributed by atoms with E-state index in [9.17, 15) is 45.6 Å². The van der Waals surface area contributed by atoms with Crippen LogP contribution in [0.5, 0.6) is 0 Å². The Bertz CT molecular complexity index is 1710. The Morgan fingerprint density at radius 3 is 1.28 bits per heavy atom. The first-order valence-corrected chi connectivity index (χ1v) is 33.3. The van der Waals surface area contributed by atoms with Gasteiger partial charge in [0.2, 0.25) is 5.91 Å². The second kappa shape index (κ2) is 53.4. The van der Waals surface area contributed by atoms with Gasteiger partial charge in [-0.3, -0.25) is 4.79 Å². The largest absolute Gasteiger partial charge is 0.394 e. The Morgan fingerprint density at radius 1 is 0.446 bits per heavy atom. The number of rotatable bonds is 53. The molecule has 2 rings (SSSR count). The molecule has 0 aliphatic carbocycles. The summed E-state index contributed by atoms with van der Waals surface area (Å²) in [5.74, 6) is -0.209. The number of amides is 1. The van der Waals surface area contributed by atoms with Crippen molar-refractivity contribution in [1.29, 1.82) is 0 Å². The van der Waals surface area contributed by atoms with Gasteiger partial charge in [0.05, 0.1) is 32.0 Å². The Hall–Kier alpha value is -2.83. The first-order chi connectivity index (χ1) is 40.6. The van der Waals surface area contributed by atoms with Crippen LogP contribution in [0.15, 0.2) is 85.1 Å². The molecular weight excluding hydrogens is 1050 g/mol. The molecule has 0 spiro atoms. The van der Waals surface area contributed by atoms with Gasteiger partial charge in [0.25, 0.3) is 0 Å². The van der Waals surface area contributed by atoms with Crippen molar-refractivity contribution in [2.24, 2.45) is 0 Å². The molecule has 0 aromatic heterocycles. The van der Waals surface area contributed by atoms with Crippen LogP contribution in [0.3, 0.4) is 0 Å². The standard InChI is InChI=1S/C69H121NO13/c1-3-5-7-9-11-13-15-16-17-18-19-20-21-22-23-24-25-26-27-28-29-30-31-32-33-34-35-36-37-38-39-40-41-42-43-45-47-49-51-53-61(74)70-57(58(73)52-50-48-46-44-14-12-10-8-6-4-2)56-80-68-66(79)64(77)67(60(55-72)82-68)83-69-65(78)63(76)62(75)59(54-71)81-69/h5,7,11,13,16-17,19-20,22-23,25-26,28-29,57-60,62-69,71-73,75-79H,3-4,6,8-10,12,14-15,18,21,24,27,30-56H2,1-2H3,(H,70,74)/b7-5-,13-11-,17-16-,20-19-,23-22-,26-25-,29-28-. The van der Waals surface area contributed by atoms with E-state index in [1.807, 2.05) is 0 Å². The smallest absolute Gasteiger partial charge is 0.220 e. The highest BCUT2D eigenvalue weighted by Crippen LogP contribution is 2.30. The van der Waals surface area contributed by atoms with Crippen LogP contribution in [0.2, 0.25) is 0 Å². The van der Waals surface area contributed by atoms with Crippen LogP contribution >= 0.6 is 0 Å². The molecule has 0 bridgehead atoms. The summed E-state index contributed by atoms with van der Waals surface area (Å²) in [6.45, 7) is 2.73. The molecule has 0 radical (unpaired) electrons. The van der Waals surface area contributed by atoms with Crippen LogP contribution < -0.4 is 5.32 Å². The van der Waals surface area contributed by atoms with E-state index in [1.54, 1.807) is 0 Å². The van der Waals surface area contributed by atoms with Crippen molar-refractivity contribution in [1.82, 2.24) is 5.32 Å². The average Bonchev–Trinajstić information content (AvgIpc) is 3.47. The zero-order valence-electron chi connectivity index (χ0n) is 51.9. The summed E-state index contributed by atoms with van der Waals surface area (Å²) in [5.41, 5.74) is 0. The number of ether oxygens (including phenoxy) is 4. The Balaban J connectivity index is 1.55. The van der Waals surface area contributed by atoms with Gasteiger partial charge in [0, 0.05) is 6.42 Å². The summed E-state index contributed by atoms with van der Waals surface area (Å²) in [5, 5.41) is 87.2. The number of nitrogens with one attached hydrogen (secondary N) is 1. The highest BCUT2D eigenvalue weighted by Gasteiger charge is 2.51. The molecule has 14 nitrogen and oxygen atoms in total. The van der Waals surface area contributed by atoms with Gasteiger partial charge in [-0.15, -0.1) is 0 Å². The minimum atomic E-state index is -1.78. The number of hydrogen-bond acceptors (Lipinski definition) is 13. The second-order valence-corrected chi connectivity index (χ2v) is 23.2. The highest BCUT2D eigenvalue weighted by atomic mass is 16.7. The fraction of sp³-hybridized carbons (Fsp3) is 0.783. The molecule has 480 valence electrons. The van der Waals surface area contributed by atoms with Gasteiger partial charge < -0.3 is 65.1 Å². The number of carbonyl (C=O) groups is 1. The van der Waals surface area contributed by atoms with Crippen LogP contribution in [-0.4, -0.2) is 140 Å². The molecule has 12 unspecified atom stereocenters. The molecule has 83 heavy (non-hydrogen) atoms. The number of aliphatic hydroxyl groups is 8. The van der Waals surface area contributed by atoms with Gasteiger partial charge in [0.1, 0.15) is 48.8 Å². The van der Waals surface area contributed by atoms with Crippen LogP contribution in [0.1, 0.15) is 251 Å². The zero-order chi connectivity index (χ0) is 60.2. The van der Waals surface area contributed by atoms with E-state index in [2.05, 4.69) is 104 Å². The highest BCUT2D eigenvalue weighted by molar-refractivity contribution is 5.76. The molecule has 14 heteroatoms. The van der Waals surface area contributed by atoms with Crippen molar-refractivity contribution in [2.75, 3.05) is 19.8 Å². The normalized spacial score (nSPS) is 24.4. The molecule has 0 aromatic rings. The van der Waals surface area contributed by atoms with Crippen molar-refractivity contribution in [3.05, 3.63) is 85.1 Å². The summed E-state index contributed by atoms with van der Waals surface area (Å²) >= 11 is 0. The van der Waals surface area contributed by atoms with E-state index in [-0.39, 0.29) is 12.5 Å². The molecule has 1 amide bonds. The topological polar surface area (TPSA) is 228 Å². The van der Waals surface area contributed by atoms with Crippen molar-refractivity contribution in [3.63, 3.8) is 0 Å². The SMILES string of the molecule is CC/C=C\C/C=C\C/C=C\C/C=C\C/C=C\C/C=C\C/C=C\CCCCCCCCCCCCCCCCCCCC(=O)NC(COC1OC(CO)C(OC2OC(CO)C(O)C(O)C2O)C(O)C1O)C(O)CCCCCCCCCCCC. The third kappa shape index (κ3) is 38.1. The minimum absolute atomic E-state index is 0.209. The lowest BCUT2D eigenvalue weighted by molar-refractivity contribution is -0.359. The van der Waals surface area contributed by atoms with Crippen molar-refractivity contribution >= 4 is 5.91 Å². The summed E-state index contributed by atoms with van der Waals surface area (Å²) in [4.78, 5) is 13.3. The van der Waals surface area contributed by atoms with Gasteiger partial charge in [-0.05, 0) is 70.6 Å². The number of allylic oxidation sites excluding steroid dienone is 14. The van der Waals surface area contributed by atoms with Gasteiger partial charge in [-0.25, -0.2) is 0 Å². The number of carbonyl (C=O) groups excluding carboxylic acids is 1. The van der Waals surface area contributed by atoms with E-state index in [0.29, 0.717) is 12.8 Å². The molecule has 9 N–H and O–H groups in total. The van der Waals surface area contributed by atoms with Gasteiger partial charge in [0.15, 0.2) is 12.6 Å². The lowest BCUT2D eigenvalue weighted by atomic mass is 9.97. The van der Waals surface area contributed by atoms with E-state index < -0.39 is 86.8 Å². The summed E-state index contributed by atoms with van der Waals surface area (Å²) in [6.07, 6.45) is 56.3. The second-order valence-electron chi connectivity index (χ2n) is 23.2. The van der Waals surface area contributed by atoms with Crippen LogP contribution in [0.25, 0.3) is 0 Å². The maximum atomic E-state index is 13.3. The van der Waals surface area contributed by atoms with Crippen LogP contribution in [-0.2, 0) is 23.7 Å². The summed E-state index contributed by atoms with van der Waals surface area (Å²) in [7, 11) is 0. The predicted octanol–water partition coefficient (Wildman–Crippen LogP) is 12.8. The maximum Gasteiger partial charge on any atom is 0.220 e. The van der Waals surface area contributed by atoms with Crippen LogP contribution in [0.4, 0.5) is 0 Å². The van der Waals surface area contributed by atoms with E-state index in [4.69, 9.17) is 18.9 Å². The summed E-state index contributed by atoms with van der Waals surface area (Å²) < 4.78 is 22.8. The van der Waals surface area contributed by atoms with E-state index >= 15 is 0 Å². The quantitative estimate of drug-likeness (QED) is 0.0204. The van der Waals surface area contributed by atoms with Crippen molar-refractivity contribution in [2.45, 2.75) is 325 Å². The lowest BCUT2D eigenvalue weighted by Crippen LogP contribution is -2.65. The Kier molecular flexibility index (Phi) is 49.1. The van der Waals surface area contributed by atoms with E-state index in [0.717, 1.165) is 96.3 Å². The third-order valence-electron chi connectivity index (χ3n) is 15.9. The number of unbranched alkanes of at least 4 members (excludes halogenated alkanes) is 26. The monoisotopic (exact) mass is 1170 g/mol. The van der Waals surface area contributed by atoms with Crippen molar-refractivity contribution < 1.29 is 64.6 Å². The molecule has 0 saturated carbocycles. The van der Waals surface area contributed by atoms with E-state index in [1.165, 1.54) is 128 Å². The van der Waals surface area contributed by atoms with Gasteiger partial charge >= 0.3 is 0 Å². The summed E-state index contributed by atoms with van der Waals surface area (Å²) in [6, 6.07) is -0.829. The lowest BCUT2D eigenvalue weighted by Gasteiger charge is -2.46. The van der Waals surface area contributed by atoms with Crippen molar-refractivity contribution in [3.8, 4) is 0 Å². The maximum absolute atomic E-state index is 13.3. The van der Waals surface area contributed by atoms with Gasteiger partial charge in [-0.2, -0.15) is 0 Å². The molecule has 2 heterocycles. The molecule has 0 aromatic carbocycles. The Labute approximate surface area is 503 Å². The number of hydrogen-bond donors (Lipinski definition) is 9. The number of aliphatic hydroxyl groups excluding tert-OH is 8. The molecule has 2 aliphatic rings. The molecule has 2 fully saturated rings. The fourth-order valence-corrected chi connectivity index (χ4v) is 10.6. The van der Waals surface area contributed by atoms with Crippen LogP contribution in [0, 0.1) is 0 Å². The fourth-order valence-electron chi connectivity index (χ4n) is 10.6. The average molecular weight is 1170 g/mol. The third-order valence-corrected chi connectivity index (χ3v) is 15.9. The molecule has 2 saturated heterocycles. The molecular formula is C69H121NO13. The molecule has 12 atom stereocenters. The minimum Gasteiger partial charge on any atom is -0.394 e. The van der Waals surface area contributed by atoms with Gasteiger partial charge in [-0.1, -0.05) is 259 Å². The zero-order valence-corrected chi connectivity index (χ0v) is 51.9. The molecule has 2 aliphatic heterocycles. The predicted molar refractivity (Wildman–Crippen MR) is 336 cm³/mol. The Morgan fingerprint density at radius 2 is 0.831 bits per heavy atom. The first-order valence-electron chi connectivity index (χ1n) is 33.3.